The van der Waals surface area contributed by atoms with Crippen molar-refractivity contribution in [3.8, 4) is 11.3 Å². The summed E-state index contributed by atoms with van der Waals surface area (Å²) in [5.41, 5.74) is 8.89. The first-order valence-electron chi connectivity index (χ1n) is 4.82. The second kappa shape index (κ2) is 3.31. The van der Waals surface area contributed by atoms with Crippen LogP contribution >= 0.6 is 11.8 Å². The summed E-state index contributed by atoms with van der Waals surface area (Å²) in [6, 6.07) is 8.05. The van der Waals surface area contributed by atoms with Crippen LogP contribution in [-0.2, 0) is 6.42 Å². The maximum absolute atomic E-state index is 5.53. The Balaban J connectivity index is 2.16. The maximum atomic E-state index is 5.53. The molecule has 0 amide bonds. The van der Waals surface area contributed by atoms with Gasteiger partial charge in [0.15, 0.2) is 0 Å². The third-order valence-electron chi connectivity index (χ3n) is 2.55. The lowest BCUT2D eigenvalue weighted by Gasteiger charge is -2.03. The zero-order valence-corrected chi connectivity index (χ0v) is 8.88. The lowest BCUT2D eigenvalue weighted by Crippen LogP contribution is -1.87. The number of hydrogen-bond acceptors (Lipinski definition) is 4. The highest BCUT2D eigenvalue weighted by Crippen LogP contribution is 2.37. The molecular formula is C11H10N2OS. The SMILES string of the molecule is Nc1cc(-c2cccc3c2CCS3)no1. The van der Waals surface area contributed by atoms with Crippen molar-refractivity contribution in [3.63, 3.8) is 0 Å². The number of rotatable bonds is 1. The van der Waals surface area contributed by atoms with Crippen molar-refractivity contribution in [1.82, 2.24) is 5.16 Å². The molecule has 0 bridgehead atoms. The van der Waals surface area contributed by atoms with Crippen molar-refractivity contribution in [2.24, 2.45) is 0 Å². The van der Waals surface area contributed by atoms with E-state index in [1.807, 2.05) is 11.8 Å². The number of thioether (sulfide) groups is 1. The lowest BCUT2D eigenvalue weighted by molar-refractivity contribution is 0.439. The maximum Gasteiger partial charge on any atom is 0.222 e. The van der Waals surface area contributed by atoms with Gasteiger partial charge in [0.05, 0.1) is 0 Å². The van der Waals surface area contributed by atoms with Crippen LogP contribution in [0.25, 0.3) is 11.3 Å². The van der Waals surface area contributed by atoms with Crippen LogP contribution in [0.2, 0.25) is 0 Å². The van der Waals surface area contributed by atoms with Gasteiger partial charge in [-0.15, -0.1) is 11.8 Å². The average Bonchev–Trinajstić information content (AvgIpc) is 2.84. The van der Waals surface area contributed by atoms with Crippen molar-refractivity contribution in [3.05, 3.63) is 29.8 Å². The predicted octanol–water partition coefficient (Wildman–Crippen LogP) is 2.57. The molecule has 0 saturated carbocycles. The second-order valence-electron chi connectivity index (χ2n) is 3.50. The number of nitrogens with zero attached hydrogens (tertiary/aromatic N) is 1. The van der Waals surface area contributed by atoms with E-state index in [4.69, 9.17) is 10.3 Å². The van der Waals surface area contributed by atoms with Crippen LogP contribution in [0, 0.1) is 0 Å². The van der Waals surface area contributed by atoms with Crippen LogP contribution in [0.4, 0.5) is 5.88 Å². The van der Waals surface area contributed by atoms with Crippen molar-refractivity contribution >= 4 is 17.6 Å². The molecule has 0 fully saturated rings. The molecule has 1 aromatic carbocycles. The molecule has 1 aliphatic heterocycles. The van der Waals surface area contributed by atoms with E-state index in [-0.39, 0.29) is 0 Å². The van der Waals surface area contributed by atoms with Gasteiger partial charge in [0, 0.05) is 22.3 Å². The zero-order chi connectivity index (χ0) is 10.3. The molecular weight excluding hydrogens is 208 g/mol. The molecule has 2 aromatic rings. The minimum atomic E-state index is 0.369. The van der Waals surface area contributed by atoms with Crippen LogP contribution in [-0.4, -0.2) is 10.9 Å². The molecule has 1 aromatic heterocycles. The van der Waals surface area contributed by atoms with E-state index < -0.39 is 0 Å². The highest BCUT2D eigenvalue weighted by atomic mass is 32.2. The molecule has 0 aliphatic carbocycles. The highest BCUT2D eigenvalue weighted by molar-refractivity contribution is 7.99. The number of benzene rings is 1. The summed E-state index contributed by atoms with van der Waals surface area (Å²) in [5.74, 6) is 1.52. The van der Waals surface area contributed by atoms with Gasteiger partial charge in [0.1, 0.15) is 5.69 Å². The van der Waals surface area contributed by atoms with E-state index in [2.05, 4.69) is 23.4 Å². The number of nitrogen functional groups attached to an aromatic ring is 1. The molecule has 3 nitrogen and oxygen atoms in total. The molecule has 1 aliphatic rings. The summed E-state index contributed by atoms with van der Waals surface area (Å²) < 4.78 is 4.90. The van der Waals surface area contributed by atoms with Gasteiger partial charge in [0.2, 0.25) is 5.88 Å². The van der Waals surface area contributed by atoms with E-state index in [0.29, 0.717) is 5.88 Å². The molecule has 2 heterocycles. The average molecular weight is 218 g/mol. The van der Waals surface area contributed by atoms with Crippen LogP contribution in [0.1, 0.15) is 5.56 Å². The normalized spacial score (nSPS) is 14.1. The topological polar surface area (TPSA) is 52.0 Å². The van der Waals surface area contributed by atoms with Crippen molar-refractivity contribution in [2.45, 2.75) is 11.3 Å². The summed E-state index contributed by atoms with van der Waals surface area (Å²) in [5, 5.41) is 3.95. The van der Waals surface area contributed by atoms with Crippen molar-refractivity contribution < 1.29 is 4.52 Å². The fourth-order valence-corrected chi connectivity index (χ4v) is 2.97. The lowest BCUT2D eigenvalue weighted by atomic mass is 10.0. The minimum absolute atomic E-state index is 0.369. The number of fused-ring (bicyclic) bond motifs is 1. The number of anilines is 1. The van der Waals surface area contributed by atoms with Crippen molar-refractivity contribution in [2.75, 3.05) is 11.5 Å². The van der Waals surface area contributed by atoms with Crippen LogP contribution < -0.4 is 5.73 Å². The molecule has 0 radical (unpaired) electrons. The Morgan fingerprint density at radius 2 is 2.33 bits per heavy atom. The monoisotopic (exact) mass is 218 g/mol. The first-order chi connectivity index (χ1) is 7.34. The summed E-state index contributed by atoms with van der Waals surface area (Å²) in [4.78, 5) is 1.36. The van der Waals surface area contributed by atoms with Crippen LogP contribution in [0.5, 0.6) is 0 Å². The van der Waals surface area contributed by atoms with Gasteiger partial charge in [-0.3, -0.25) is 0 Å². The van der Waals surface area contributed by atoms with Crippen LogP contribution in [0.3, 0.4) is 0 Å². The largest absolute Gasteiger partial charge is 0.368 e. The third kappa shape index (κ3) is 1.41. The Morgan fingerprint density at radius 3 is 3.13 bits per heavy atom. The summed E-state index contributed by atoms with van der Waals surface area (Å²) in [6.45, 7) is 0. The third-order valence-corrected chi connectivity index (χ3v) is 3.65. The predicted molar refractivity (Wildman–Crippen MR) is 60.8 cm³/mol. The molecule has 0 saturated heterocycles. The summed E-state index contributed by atoms with van der Waals surface area (Å²) >= 11 is 1.89. The van der Waals surface area contributed by atoms with E-state index in [1.165, 1.54) is 10.5 Å². The number of nitrogens with two attached hydrogens (primary N) is 1. The molecule has 0 atom stereocenters. The van der Waals surface area contributed by atoms with E-state index >= 15 is 0 Å². The fraction of sp³-hybridized carbons (Fsp3) is 0.182. The fourth-order valence-electron chi connectivity index (χ4n) is 1.88. The first-order valence-corrected chi connectivity index (χ1v) is 5.80. The molecule has 4 heteroatoms. The molecule has 15 heavy (non-hydrogen) atoms. The standard InChI is InChI=1S/C11H10N2OS/c12-11-6-9(13-14-11)7-2-1-3-10-8(7)4-5-15-10/h1-3,6H,4-5,12H2. The summed E-state index contributed by atoms with van der Waals surface area (Å²) in [6.07, 6.45) is 1.10. The Labute approximate surface area is 91.6 Å². The van der Waals surface area contributed by atoms with E-state index in [9.17, 15) is 0 Å². The molecule has 0 unspecified atom stereocenters. The first kappa shape index (κ1) is 8.85. The van der Waals surface area contributed by atoms with Crippen LogP contribution in [0.15, 0.2) is 33.7 Å². The van der Waals surface area contributed by atoms with Gasteiger partial charge < -0.3 is 10.3 Å². The second-order valence-corrected chi connectivity index (χ2v) is 4.63. The Kier molecular flexibility index (Phi) is 1.95. The minimum Gasteiger partial charge on any atom is -0.368 e. The zero-order valence-electron chi connectivity index (χ0n) is 8.06. The Bertz CT molecular complexity index is 507. The van der Waals surface area contributed by atoms with Gasteiger partial charge in [-0.05, 0) is 18.1 Å². The van der Waals surface area contributed by atoms with Gasteiger partial charge >= 0.3 is 0 Å². The molecule has 76 valence electrons. The highest BCUT2D eigenvalue weighted by Gasteiger charge is 2.17. The Hall–Kier alpha value is -1.42. The number of aromatic nitrogens is 1. The van der Waals surface area contributed by atoms with Gasteiger partial charge in [0.25, 0.3) is 0 Å². The molecule has 2 N–H and O–H groups in total. The quantitative estimate of drug-likeness (QED) is 0.799. The van der Waals surface area contributed by atoms with E-state index in [0.717, 1.165) is 23.4 Å². The van der Waals surface area contributed by atoms with E-state index in [1.54, 1.807) is 6.07 Å². The van der Waals surface area contributed by atoms with Gasteiger partial charge in [-0.2, -0.15) is 0 Å². The Morgan fingerprint density at radius 1 is 1.40 bits per heavy atom. The molecule has 3 rings (SSSR count). The van der Waals surface area contributed by atoms with Crippen molar-refractivity contribution in [1.29, 1.82) is 0 Å². The smallest absolute Gasteiger partial charge is 0.222 e. The molecule has 0 spiro atoms. The number of hydrogen-bond donors (Lipinski definition) is 1. The summed E-state index contributed by atoms with van der Waals surface area (Å²) in [7, 11) is 0. The van der Waals surface area contributed by atoms with Gasteiger partial charge in [-0.1, -0.05) is 17.3 Å². The van der Waals surface area contributed by atoms with Gasteiger partial charge in [-0.25, -0.2) is 0 Å².